The second-order valence-electron chi connectivity index (χ2n) is 7.49. The van der Waals surface area contributed by atoms with Gasteiger partial charge in [0.25, 0.3) is 5.89 Å². The summed E-state index contributed by atoms with van der Waals surface area (Å²) in [4.78, 5) is 14.7. The number of carbonyl (C=O) groups is 1. The Morgan fingerprint density at radius 3 is 2.43 bits per heavy atom. The first-order chi connectivity index (χ1) is 13.4. The van der Waals surface area contributed by atoms with E-state index in [9.17, 15) is 13.2 Å². The summed E-state index contributed by atoms with van der Waals surface area (Å²) in [6, 6.07) is 1.77. The maximum absolute atomic E-state index is 12.8. The van der Waals surface area contributed by atoms with Gasteiger partial charge in [0.2, 0.25) is 21.8 Å². The predicted octanol–water partition coefficient (Wildman–Crippen LogP) is 1.71. The van der Waals surface area contributed by atoms with Gasteiger partial charge < -0.3 is 13.7 Å². The van der Waals surface area contributed by atoms with E-state index in [0.717, 1.165) is 18.4 Å². The van der Waals surface area contributed by atoms with Gasteiger partial charge in [0.05, 0.1) is 18.1 Å². The number of hydrogen-bond acceptors (Lipinski definition) is 7. The number of amides is 1. The van der Waals surface area contributed by atoms with E-state index in [-0.39, 0.29) is 17.7 Å². The van der Waals surface area contributed by atoms with Crippen LogP contribution in [0.1, 0.15) is 37.5 Å². The van der Waals surface area contributed by atoms with Gasteiger partial charge in [-0.3, -0.25) is 4.79 Å². The topological polar surface area (TPSA) is 110 Å². The van der Waals surface area contributed by atoms with E-state index in [0.29, 0.717) is 50.8 Å². The third-order valence-electron chi connectivity index (χ3n) is 5.64. The average molecular weight is 408 g/mol. The molecule has 2 aromatic heterocycles. The van der Waals surface area contributed by atoms with Crippen LogP contribution >= 0.6 is 0 Å². The van der Waals surface area contributed by atoms with Crippen molar-refractivity contribution in [2.45, 2.75) is 31.6 Å². The van der Waals surface area contributed by atoms with Crippen LogP contribution in [0.5, 0.6) is 0 Å². The smallest absolute Gasteiger partial charge is 0.250 e. The van der Waals surface area contributed by atoms with E-state index < -0.39 is 10.0 Å². The molecule has 0 bridgehead atoms. The largest absolute Gasteiger partial charge is 0.472 e. The lowest BCUT2D eigenvalue weighted by molar-refractivity contribution is -0.137. The second-order valence-corrected chi connectivity index (χ2v) is 9.48. The van der Waals surface area contributed by atoms with Gasteiger partial charge in [-0.15, -0.1) is 10.2 Å². The molecule has 0 aromatic carbocycles. The van der Waals surface area contributed by atoms with Gasteiger partial charge in [-0.25, -0.2) is 12.7 Å². The molecule has 4 heterocycles. The van der Waals surface area contributed by atoms with Crippen molar-refractivity contribution in [2.24, 2.45) is 5.92 Å². The predicted molar refractivity (Wildman–Crippen MR) is 99.7 cm³/mol. The Morgan fingerprint density at radius 1 is 1.11 bits per heavy atom. The number of rotatable bonds is 4. The van der Waals surface area contributed by atoms with Crippen LogP contribution in [0.2, 0.25) is 0 Å². The number of furan rings is 1. The molecule has 2 aliphatic rings. The van der Waals surface area contributed by atoms with E-state index in [4.69, 9.17) is 8.83 Å². The molecule has 0 aliphatic carbocycles. The lowest BCUT2D eigenvalue weighted by atomic mass is 9.92. The summed E-state index contributed by atoms with van der Waals surface area (Å²) in [5.74, 6) is 1.23. The fraction of sp³-hybridized carbons (Fsp3) is 0.611. The van der Waals surface area contributed by atoms with Crippen LogP contribution in [0.15, 0.2) is 27.4 Å². The molecule has 2 fully saturated rings. The number of nitrogens with zero attached hydrogens (tertiary/aromatic N) is 4. The monoisotopic (exact) mass is 408 g/mol. The summed E-state index contributed by atoms with van der Waals surface area (Å²) in [6.07, 6.45) is 7.07. The van der Waals surface area contributed by atoms with Gasteiger partial charge in [0.15, 0.2) is 0 Å². The summed E-state index contributed by atoms with van der Waals surface area (Å²) in [7, 11) is -3.17. The first-order valence-electron chi connectivity index (χ1n) is 9.51. The Labute approximate surface area is 163 Å². The van der Waals surface area contributed by atoms with Crippen molar-refractivity contribution in [3.63, 3.8) is 0 Å². The van der Waals surface area contributed by atoms with E-state index in [2.05, 4.69) is 10.2 Å². The lowest BCUT2D eigenvalue weighted by Gasteiger charge is -2.36. The summed E-state index contributed by atoms with van der Waals surface area (Å²) in [5, 5.41) is 8.24. The molecule has 0 unspecified atom stereocenters. The lowest BCUT2D eigenvalue weighted by Crippen LogP contribution is -2.46. The first-order valence-corrected chi connectivity index (χ1v) is 11.4. The van der Waals surface area contributed by atoms with Gasteiger partial charge in [0.1, 0.15) is 6.26 Å². The average Bonchev–Trinajstić information content (AvgIpc) is 3.38. The Morgan fingerprint density at radius 2 is 1.82 bits per heavy atom. The molecule has 0 saturated carbocycles. The maximum Gasteiger partial charge on any atom is 0.250 e. The van der Waals surface area contributed by atoms with Crippen LogP contribution in [-0.4, -0.2) is 66.2 Å². The van der Waals surface area contributed by atoms with Crippen molar-refractivity contribution in [1.82, 2.24) is 19.4 Å². The second kappa shape index (κ2) is 7.67. The molecule has 0 spiro atoms. The molecule has 4 rings (SSSR count). The van der Waals surface area contributed by atoms with Gasteiger partial charge >= 0.3 is 0 Å². The maximum atomic E-state index is 12.8. The van der Waals surface area contributed by atoms with E-state index in [1.54, 1.807) is 18.6 Å². The van der Waals surface area contributed by atoms with Crippen LogP contribution in [0, 0.1) is 5.92 Å². The number of sulfonamides is 1. The molecule has 10 heteroatoms. The molecule has 1 amide bonds. The molecule has 0 N–H and O–H groups in total. The summed E-state index contributed by atoms with van der Waals surface area (Å²) < 4.78 is 35.5. The Kier molecular flexibility index (Phi) is 5.24. The van der Waals surface area contributed by atoms with Crippen molar-refractivity contribution in [3.05, 3.63) is 24.5 Å². The highest BCUT2D eigenvalue weighted by atomic mass is 32.2. The van der Waals surface area contributed by atoms with Crippen molar-refractivity contribution in [2.75, 3.05) is 32.4 Å². The number of hydrogen-bond donors (Lipinski definition) is 0. The highest BCUT2D eigenvalue weighted by molar-refractivity contribution is 7.88. The Bertz CT molecular complexity index is 908. The van der Waals surface area contributed by atoms with Crippen molar-refractivity contribution in [3.8, 4) is 11.5 Å². The molecular weight excluding hydrogens is 384 g/mol. The minimum atomic E-state index is -3.17. The molecule has 2 saturated heterocycles. The molecule has 152 valence electrons. The van der Waals surface area contributed by atoms with Crippen LogP contribution in [0.25, 0.3) is 11.5 Å². The molecule has 2 aliphatic heterocycles. The van der Waals surface area contributed by atoms with Crippen molar-refractivity contribution >= 4 is 15.9 Å². The van der Waals surface area contributed by atoms with Gasteiger partial charge in [0, 0.05) is 38.0 Å². The number of likely N-dealkylation sites (tertiary alicyclic amines) is 1. The standard InChI is InChI=1S/C18H24N4O5S/c1-28(24,25)22-9-4-14(5-10-22)18(23)21-7-2-13(3-8-21)16-19-20-17(27-16)15-6-11-26-12-15/h6,11-14H,2-5,7-10H2,1H3. The minimum Gasteiger partial charge on any atom is -0.472 e. The summed E-state index contributed by atoms with van der Waals surface area (Å²) in [6.45, 7) is 2.15. The quantitative estimate of drug-likeness (QED) is 0.757. The van der Waals surface area contributed by atoms with E-state index in [1.165, 1.54) is 10.6 Å². The Hall–Kier alpha value is -2.20. The van der Waals surface area contributed by atoms with Crippen LogP contribution in [0.4, 0.5) is 0 Å². The van der Waals surface area contributed by atoms with Gasteiger partial charge in [-0.05, 0) is 31.7 Å². The van der Waals surface area contributed by atoms with Gasteiger partial charge in [-0.1, -0.05) is 0 Å². The fourth-order valence-corrected chi connectivity index (χ4v) is 4.82. The zero-order valence-corrected chi connectivity index (χ0v) is 16.6. The third-order valence-corrected chi connectivity index (χ3v) is 6.94. The van der Waals surface area contributed by atoms with E-state index in [1.807, 2.05) is 4.90 Å². The summed E-state index contributed by atoms with van der Waals surface area (Å²) in [5.41, 5.74) is 0.756. The highest BCUT2D eigenvalue weighted by Crippen LogP contribution is 2.31. The number of aromatic nitrogens is 2. The first kappa shape index (κ1) is 19.1. The minimum absolute atomic E-state index is 0.0920. The molecule has 0 radical (unpaired) electrons. The molecule has 9 nitrogen and oxygen atoms in total. The molecule has 0 atom stereocenters. The fourth-order valence-electron chi connectivity index (χ4n) is 3.94. The van der Waals surface area contributed by atoms with Crippen LogP contribution in [0.3, 0.4) is 0 Å². The summed E-state index contributed by atoms with van der Waals surface area (Å²) >= 11 is 0. The van der Waals surface area contributed by atoms with Gasteiger partial charge in [-0.2, -0.15) is 0 Å². The number of piperidine rings is 2. The molecule has 28 heavy (non-hydrogen) atoms. The molecule has 2 aromatic rings. The van der Waals surface area contributed by atoms with E-state index >= 15 is 0 Å². The van der Waals surface area contributed by atoms with Crippen LogP contribution in [-0.2, 0) is 14.8 Å². The van der Waals surface area contributed by atoms with Crippen LogP contribution < -0.4 is 0 Å². The Balaban J connectivity index is 1.30. The SMILES string of the molecule is CS(=O)(=O)N1CCC(C(=O)N2CCC(c3nnc(-c4ccoc4)o3)CC2)CC1. The molecular formula is C18H24N4O5S. The normalized spacial score (nSPS) is 20.5. The van der Waals surface area contributed by atoms with Crippen molar-refractivity contribution < 1.29 is 22.0 Å². The third kappa shape index (κ3) is 3.97. The zero-order chi connectivity index (χ0) is 19.7. The highest BCUT2D eigenvalue weighted by Gasteiger charge is 2.34. The van der Waals surface area contributed by atoms with Crippen molar-refractivity contribution in [1.29, 1.82) is 0 Å². The number of carbonyl (C=O) groups excluding carboxylic acids is 1. The zero-order valence-electron chi connectivity index (χ0n) is 15.8.